The number of oxazole rings is 1. The number of hydrogen-bond acceptors (Lipinski definition) is 6. The Balaban J connectivity index is 1.48. The average Bonchev–Trinajstić information content (AvgIpc) is 3.36. The quantitative estimate of drug-likeness (QED) is 0.337. The molecule has 1 aromatic heterocycles. The lowest BCUT2D eigenvalue weighted by atomic mass is 10.0. The maximum Gasteiger partial charge on any atom is 0.255 e. The molecule has 1 aliphatic carbocycles. The number of ether oxygens (including phenoxy) is 3. The van der Waals surface area contributed by atoms with Gasteiger partial charge in [-0.2, -0.15) is 0 Å². The number of nitrogens with zero attached hydrogens (tertiary/aromatic N) is 1. The van der Waals surface area contributed by atoms with Gasteiger partial charge in [0.25, 0.3) is 5.91 Å². The fourth-order valence-corrected chi connectivity index (χ4v) is 4.13. The topological polar surface area (TPSA) is 82.8 Å². The van der Waals surface area contributed by atoms with Gasteiger partial charge in [-0.25, -0.2) is 9.37 Å². The van der Waals surface area contributed by atoms with Crippen molar-refractivity contribution in [3.8, 4) is 28.7 Å². The molecular formula is C28H33FN2O5. The van der Waals surface area contributed by atoms with Crippen LogP contribution in [-0.4, -0.2) is 30.0 Å². The molecule has 0 bridgehead atoms. The Kier molecular flexibility index (Phi) is 7.82. The number of halogens is 1. The van der Waals surface area contributed by atoms with Crippen molar-refractivity contribution in [1.82, 2.24) is 10.3 Å². The number of aromatic nitrogens is 1. The number of carbonyl (C=O) groups excluding carboxylic acids is 1. The van der Waals surface area contributed by atoms with Crippen LogP contribution in [0.5, 0.6) is 17.2 Å². The van der Waals surface area contributed by atoms with Crippen LogP contribution in [-0.2, 0) is 6.54 Å². The number of nitrogens with one attached hydrogen (secondary N) is 1. The minimum atomic E-state index is -1.47. The van der Waals surface area contributed by atoms with Gasteiger partial charge in [0.05, 0.1) is 30.5 Å². The lowest BCUT2D eigenvalue weighted by Gasteiger charge is -2.16. The zero-order valence-electron chi connectivity index (χ0n) is 21.3. The predicted octanol–water partition coefficient (Wildman–Crippen LogP) is 6.28. The highest BCUT2D eigenvalue weighted by Crippen LogP contribution is 2.50. The van der Waals surface area contributed by atoms with E-state index in [0.717, 1.165) is 12.0 Å². The zero-order chi connectivity index (χ0) is 25.8. The Labute approximate surface area is 211 Å². The third-order valence-corrected chi connectivity index (χ3v) is 5.91. The van der Waals surface area contributed by atoms with E-state index in [0.29, 0.717) is 58.4 Å². The summed E-state index contributed by atoms with van der Waals surface area (Å²) in [5.74, 6) is 2.52. The largest absolute Gasteiger partial charge is 0.493 e. The van der Waals surface area contributed by atoms with E-state index in [9.17, 15) is 9.18 Å². The Morgan fingerprint density at radius 2 is 1.97 bits per heavy atom. The van der Waals surface area contributed by atoms with Gasteiger partial charge in [-0.3, -0.25) is 4.79 Å². The summed E-state index contributed by atoms with van der Waals surface area (Å²) in [5, 5.41) is 2.92. The molecule has 1 saturated carbocycles. The van der Waals surface area contributed by atoms with Gasteiger partial charge in [0.2, 0.25) is 12.2 Å². The highest BCUT2D eigenvalue weighted by molar-refractivity contribution is 5.97. The first-order valence-corrected chi connectivity index (χ1v) is 12.4. The molecular weight excluding hydrogens is 463 g/mol. The molecule has 2 aromatic carbocycles. The number of rotatable bonds is 11. The van der Waals surface area contributed by atoms with E-state index < -0.39 is 6.36 Å². The maximum absolute atomic E-state index is 13.4. The van der Waals surface area contributed by atoms with E-state index in [4.69, 9.17) is 18.6 Å². The van der Waals surface area contributed by atoms with Gasteiger partial charge < -0.3 is 23.9 Å². The third kappa shape index (κ3) is 5.98. The summed E-state index contributed by atoms with van der Waals surface area (Å²) in [7, 11) is 0. The molecule has 2 unspecified atom stereocenters. The normalized spacial score (nSPS) is 17.5. The van der Waals surface area contributed by atoms with Crippen LogP contribution in [0.1, 0.15) is 68.6 Å². The van der Waals surface area contributed by atoms with Crippen molar-refractivity contribution in [1.29, 1.82) is 0 Å². The summed E-state index contributed by atoms with van der Waals surface area (Å²) in [6, 6.07) is 10.8. The Bertz CT molecular complexity index is 1210. The number of carbonyl (C=O) groups is 1. The van der Waals surface area contributed by atoms with Crippen LogP contribution in [0.15, 0.2) is 47.1 Å². The number of benzene rings is 2. The smallest absolute Gasteiger partial charge is 0.255 e. The van der Waals surface area contributed by atoms with Crippen LogP contribution < -0.4 is 19.5 Å². The Morgan fingerprint density at radius 1 is 1.19 bits per heavy atom. The standard InChI is InChI=1S/C28H33FN2O5/c1-6-33-26-21(23-12-17(23)4)8-7-9-22(26)27(32)30-14-20-15-34-28(31-20)19-10-11-24(36-18(5)29)25(13-19)35-16(2)3/h7-11,13,15-18,23H,6,12,14H2,1-5H3,(H,30,32)/t17?,18?,23-/m0/s1. The summed E-state index contributed by atoms with van der Waals surface area (Å²) < 4.78 is 35.9. The molecule has 4 rings (SSSR count). The monoisotopic (exact) mass is 496 g/mol. The number of hydrogen-bond donors (Lipinski definition) is 1. The summed E-state index contributed by atoms with van der Waals surface area (Å²) in [6.07, 6.45) is 1.00. The number of amides is 1. The molecule has 0 aliphatic heterocycles. The average molecular weight is 497 g/mol. The van der Waals surface area contributed by atoms with Crippen molar-refractivity contribution in [2.75, 3.05) is 6.61 Å². The molecule has 1 fully saturated rings. The second-order valence-corrected chi connectivity index (χ2v) is 9.29. The molecule has 0 radical (unpaired) electrons. The fourth-order valence-electron chi connectivity index (χ4n) is 4.13. The van der Waals surface area contributed by atoms with E-state index in [1.165, 1.54) is 13.2 Å². The molecule has 0 spiro atoms. The van der Waals surface area contributed by atoms with Crippen LogP contribution in [0.3, 0.4) is 0 Å². The summed E-state index contributed by atoms with van der Waals surface area (Å²) in [6.45, 7) is 9.85. The Hall–Kier alpha value is -3.55. The first-order chi connectivity index (χ1) is 17.3. The molecule has 0 saturated heterocycles. The first kappa shape index (κ1) is 25.5. The molecule has 1 aliphatic rings. The van der Waals surface area contributed by atoms with Crippen molar-refractivity contribution < 1.29 is 27.8 Å². The molecule has 7 nitrogen and oxygen atoms in total. The van der Waals surface area contributed by atoms with E-state index in [1.807, 2.05) is 32.9 Å². The first-order valence-electron chi connectivity index (χ1n) is 12.4. The minimum Gasteiger partial charge on any atom is -0.493 e. The zero-order valence-corrected chi connectivity index (χ0v) is 21.3. The lowest BCUT2D eigenvalue weighted by Crippen LogP contribution is -2.24. The lowest BCUT2D eigenvalue weighted by molar-refractivity contribution is 0.0796. The van der Waals surface area contributed by atoms with Crippen molar-refractivity contribution in [2.24, 2.45) is 5.92 Å². The summed E-state index contributed by atoms with van der Waals surface area (Å²) in [5.41, 5.74) is 2.82. The van der Waals surface area contributed by atoms with Gasteiger partial charge in [-0.15, -0.1) is 0 Å². The molecule has 36 heavy (non-hydrogen) atoms. The fraction of sp³-hybridized carbons (Fsp3) is 0.429. The molecule has 1 heterocycles. The van der Waals surface area contributed by atoms with Gasteiger partial charge in [-0.05, 0) is 68.9 Å². The summed E-state index contributed by atoms with van der Waals surface area (Å²) in [4.78, 5) is 17.5. The second kappa shape index (κ2) is 11.0. The van der Waals surface area contributed by atoms with Crippen molar-refractivity contribution in [2.45, 2.75) is 66.0 Å². The maximum atomic E-state index is 13.4. The minimum absolute atomic E-state index is 0.129. The highest BCUT2D eigenvalue weighted by Gasteiger charge is 2.37. The molecule has 3 atom stereocenters. The van der Waals surface area contributed by atoms with Crippen molar-refractivity contribution in [3.63, 3.8) is 0 Å². The molecule has 1 N–H and O–H groups in total. The van der Waals surface area contributed by atoms with Crippen molar-refractivity contribution in [3.05, 3.63) is 59.5 Å². The van der Waals surface area contributed by atoms with Gasteiger partial charge in [0.1, 0.15) is 12.0 Å². The number of para-hydroxylation sites is 1. The number of alkyl halides is 1. The van der Waals surface area contributed by atoms with Crippen molar-refractivity contribution >= 4 is 5.91 Å². The van der Waals surface area contributed by atoms with E-state index in [-0.39, 0.29) is 18.6 Å². The van der Waals surface area contributed by atoms with Crippen LogP contribution in [0.4, 0.5) is 4.39 Å². The molecule has 1 amide bonds. The second-order valence-electron chi connectivity index (χ2n) is 9.29. The van der Waals surface area contributed by atoms with E-state index >= 15 is 0 Å². The predicted molar refractivity (Wildman–Crippen MR) is 134 cm³/mol. The molecule has 3 aromatic rings. The van der Waals surface area contributed by atoms with Gasteiger partial charge in [0, 0.05) is 12.5 Å². The van der Waals surface area contributed by atoms with Crippen LogP contribution in [0.25, 0.3) is 11.5 Å². The van der Waals surface area contributed by atoms with E-state index in [1.54, 1.807) is 24.3 Å². The van der Waals surface area contributed by atoms with E-state index in [2.05, 4.69) is 17.2 Å². The van der Waals surface area contributed by atoms with Gasteiger partial charge >= 0.3 is 0 Å². The SMILES string of the molecule is CCOc1c(C(=O)NCc2coc(-c3ccc(OC(C)F)c(OC(C)C)c3)n2)cccc1[C@H]1CC1C. The Morgan fingerprint density at radius 3 is 2.64 bits per heavy atom. The van der Waals surface area contributed by atoms with Gasteiger partial charge in [0.15, 0.2) is 11.5 Å². The summed E-state index contributed by atoms with van der Waals surface area (Å²) >= 11 is 0. The molecule has 8 heteroatoms. The highest BCUT2D eigenvalue weighted by atomic mass is 19.1. The van der Waals surface area contributed by atoms with Crippen LogP contribution >= 0.6 is 0 Å². The third-order valence-electron chi connectivity index (χ3n) is 5.91. The van der Waals surface area contributed by atoms with Crippen LogP contribution in [0, 0.1) is 5.92 Å². The molecule has 192 valence electrons. The van der Waals surface area contributed by atoms with Crippen LogP contribution in [0.2, 0.25) is 0 Å². The van der Waals surface area contributed by atoms with Gasteiger partial charge in [-0.1, -0.05) is 19.1 Å².